The molecule has 0 spiro atoms. The molecular weight excluding hydrogens is 338 g/mol. The molecule has 0 bridgehead atoms. The van der Waals surface area contributed by atoms with Crippen LogP contribution >= 0.6 is 0 Å². The minimum absolute atomic E-state index is 0.0176. The number of methoxy groups -OCH3 is 1. The first-order chi connectivity index (χ1) is 12.5. The third kappa shape index (κ3) is 4.37. The van der Waals surface area contributed by atoms with Crippen molar-refractivity contribution in [1.29, 1.82) is 0 Å². The summed E-state index contributed by atoms with van der Waals surface area (Å²) in [5.74, 6) is 0.509. The van der Waals surface area contributed by atoms with E-state index in [9.17, 15) is 14.9 Å². The normalized spacial score (nSPS) is 15.0. The molecule has 0 unspecified atom stereocenters. The maximum Gasteiger partial charge on any atom is 0.389 e. The highest BCUT2D eigenvalue weighted by atomic mass is 16.6. The van der Waals surface area contributed by atoms with Crippen molar-refractivity contribution in [1.82, 2.24) is 19.6 Å². The topological polar surface area (TPSA) is 93.7 Å². The highest BCUT2D eigenvalue weighted by Gasteiger charge is 2.23. The summed E-state index contributed by atoms with van der Waals surface area (Å²) in [4.78, 5) is 26.5. The molecule has 0 atom stereocenters. The summed E-state index contributed by atoms with van der Waals surface area (Å²) in [5, 5.41) is 14.4. The molecule has 1 aromatic heterocycles. The number of carbonyl (C=O) groups is 1. The Bertz CT molecular complexity index is 783. The molecule has 1 aromatic carbocycles. The highest BCUT2D eigenvalue weighted by Crippen LogP contribution is 2.15. The first-order valence-electron chi connectivity index (χ1n) is 8.36. The number of ether oxygens (including phenoxy) is 1. The van der Waals surface area contributed by atoms with Gasteiger partial charge in [0.2, 0.25) is 5.91 Å². The lowest BCUT2D eigenvalue weighted by molar-refractivity contribution is -0.389. The molecule has 0 radical (unpaired) electrons. The van der Waals surface area contributed by atoms with E-state index in [2.05, 4.69) is 16.1 Å². The minimum Gasteiger partial charge on any atom is -0.497 e. The predicted octanol–water partition coefficient (Wildman–Crippen LogP) is 1.14. The summed E-state index contributed by atoms with van der Waals surface area (Å²) in [6, 6.07) is 9.25. The number of aromatic nitrogens is 2. The number of hydrogen-bond acceptors (Lipinski definition) is 6. The molecule has 1 amide bonds. The number of amides is 1. The van der Waals surface area contributed by atoms with Gasteiger partial charge in [-0.1, -0.05) is 12.1 Å². The van der Waals surface area contributed by atoms with Crippen LogP contribution in [0.4, 0.5) is 5.82 Å². The fourth-order valence-electron chi connectivity index (χ4n) is 2.96. The molecule has 2 aromatic rings. The van der Waals surface area contributed by atoms with E-state index in [1.54, 1.807) is 12.0 Å². The quantitative estimate of drug-likeness (QED) is 0.567. The van der Waals surface area contributed by atoms with Gasteiger partial charge in [0.25, 0.3) is 0 Å². The molecule has 9 nitrogen and oxygen atoms in total. The zero-order valence-corrected chi connectivity index (χ0v) is 14.6. The molecule has 26 heavy (non-hydrogen) atoms. The first kappa shape index (κ1) is 17.9. The molecule has 9 heteroatoms. The second-order valence-corrected chi connectivity index (χ2v) is 6.14. The average molecular weight is 359 g/mol. The van der Waals surface area contributed by atoms with Crippen LogP contribution in [0, 0.1) is 10.1 Å². The van der Waals surface area contributed by atoms with E-state index < -0.39 is 4.92 Å². The SMILES string of the molecule is COc1cccc(CN2CCN(C(=O)Cn3ccc([N+](=O)[O-])n3)CC2)c1. The Morgan fingerprint density at radius 2 is 2.04 bits per heavy atom. The summed E-state index contributed by atoms with van der Waals surface area (Å²) < 4.78 is 6.55. The molecule has 138 valence electrons. The second kappa shape index (κ2) is 7.96. The Kier molecular flexibility index (Phi) is 5.47. The Hall–Kier alpha value is -2.94. The largest absolute Gasteiger partial charge is 0.497 e. The zero-order chi connectivity index (χ0) is 18.5. The van der Waals surface area contributed by atoms with Gasteiger partial charge < -0.3 is 19.8 Å². The van der Waals surface area contributed by atoms with Gasteiger partial charge >= 0.3 is 5.82 Å². The molecule has 0 N–H and O–H groups in total. The lowest BCUT2D eigenvalue weighted by Gasteiger charge is -2.34. The fraction of sp³-hybridized carbons (Fsp3) is 0.412. The monoisotopic (exact) mass is 359 g/mol. The molecule has 1 fully saturated rings. The van der Waals surface area contributed by atoms with Crippen LogP contribution in [-0.4, -0.2) is 63.7 Å². The Balaban J connectivity index is 1.49. The molecule has 2 heterocycles. The van der Waals surface area contributed by atoms with Crippen molar-refractivity contribution in [2.24, 2.45) is 0 Å². The maximum atomic E-state index is 12.4. The van der Waals surface area contributed by atoms with E-state index in [1.807, 2.05) is 18.2 Å². The number of nitrogens with zero attached hydrogens (tertiary/aromatic N) is 5. The summed E-state index contributed by atoms with van der Waals surface area (Å²) >= 11 is 0. The Morgan fingerprint density at radius 3 is 2.69 bits per heavy atom. The summed E-state index contributed by atoms with van der Waals surface area (Å²) in [7, 11) is 1.65. The lowest BCUT2D eigenvalue weighted by Crippen LogP contribution is -2.49. The molecule has 0 aliphatic carbocycles. The summed E-state index contributed by atoms with van der Waals surface area (Å²) in [6.07, 6.45) is 1.45. The third-order valence-electron chi connectivity index (χ3n) is 4.38. The van der Waals surface area contributed by atoms with Crippen molar-refractivity contribution in [3.05, 3.63) is 52.2 Å². The smallest absolute Gasteiger partial charge is 0.389 e. The number of hydrogen-bond donors (Lipinski definition) is 0. The van der Waals surface area contributed by atoms with Crippen LogP contribution in [0.15, 0.2) is 36.5 Å². The minimum atomic E-state index is -0.571. The van der Waals surface area contributed by atoms with Crippen LogP contribution in [0.3, 0.4) is 0 Å². The molecule has 1 aliphatic heterocycles. The van der Waals surface area contributed by atoms with Crippen molar-refractivity contribution in [2.75, 3.05) is 33.3 Å². The van der Waals surface area contributed by atoms with E-state index >= 15 is 0 Å². The van der Waals surface area contributed by atoms with Crippen molar-refractivity contribution in [3.63, 3.8) is 0 Å². The van der Waals surface area contributed by atoms with E-state index in [-0.39, 0.29) is 18.3 Å². The number of benzene rings is 1. The molecule has 3 rings (SSSR count). The van der Waals surface area contributed by atoms with Gasteiger partial charge in [0.15, 0.2) is 0 Å². The second-order valence-electron chi connectivity index (χ2n) is 6.14. The van der Waals surface area contributed by atoms with Crippen LogP contribution in [0.5, 0.6) is 5.75 Å². The van der Waals surface area contributed by atoms with Gasteiger partial charge in [0, 0.05) is 32.7 Å². The first-order valence-corrected chi connectivity index (χ1v) is 8.36. The number of rotatable bonds is 6. The average Bonchev–Trinajstić information content (AvgIpc) is 3.11. The number of piperazine rings is 1. The lowest BCUT2D eigenvalue weighted by atomic mass is 10.2. The summed E-state index contributed by atoms with van der Waals surface area (Å²) in [6.45, 7) is 3.65. The Labute approximate surface area is 150 Å². The molecular formula is C17H21N5O4. The molecule has 1 saturated heterocycles. The van der Waals surface area contributed by atoms with Crippen molar-refractivity contribution >= 4 is 11.7 Å². The van der Waals surface area contributed by atoms with Crippen molar-refractivity contribution in [2.45, 2.75) is 13.1 Å². The van der Waals surface area contributed by atoms with E-state index in [1.165, 1.54) is 22.5 Å². The van der Waals surface area contributed by atoms with Gasteiger partial charge in [-0.05, 0) is 22.6 Å². The van der Waals surface area contributed by atoms with Gasteiger partial charge in [-0.25, -0.2) is 0 Å². The van der Waals surface area contributed by atoms with Gasteiger partial charge in [0.05, 0.1) is 24.5 Å². The maximum absolute atomic E-state index is 12.4. The van der Waals surface area contributed by atoms with Gasteiger partial charge in [-0.15, -0.1) is 0 Å². The number of nitro groups is 1. The zero-order valence-electron chi connectivity index (χ0n) is 14.6. The fourth-order valence-corrected chi connectivity index (χ4v) is 2.96. The van der Waals surface area contributed by atoms with Crippen LogP contribution < -0.4 is 4.74 Å². The van der Waals surface area contributed by atoms with Crippen LogP contribution in [0.2, 0.25) is 0 Å². The van der Waals surface area contributed by atoms with E-state index in [0.29, 0.717) is 13.1 Å². The van der Waals surface area contributed by atoms with E-state index in [4.69, 9.17) is 4.74 Å². The Morgan fingerprint density at radius 1 is 1.27 bits per heavy atom. The molecule has 0 saturated carbocycles. The predicted molar refractivity (Wildman–Crippen MR) is 93.7 cm³/mol. The van der Waals surface area contributed by atoms with Gasteiger partial charge in [-0.2, -0.15) is 4.68 Å². The van der Waals surface area contributed by atoms with Gasteiger partial charge in [-0.3, -0.25) is 9.69 Å². The van der Waals surface area contributed by atoms with Crippen LogP contribution in [-0.2, 0) is 17.9 Å². The standard InChI is InChI=1S/C17H21N5O4/c1-26-15-4-2-3-14(11-15)12-19-7-9-20(10-8-19)17(23)13-21-6-5-16(18-21)22(24)25/h2-6,11H,7-10,12-13H2,1H3. The van der Waals surface area contributed by atoms with Crippen LogP contribution in [0.1, 0.15) is 5.56 Å². The van der Waals surface area contributed by atoms with E-state index in [0.717, 1.165) is 25.4 Å². The third-order valence-corrected chi connectivity index (χ3v) is 4.38. The van der Waals surface area contributed by atoms with Crippen molar-refractivity contribution < 1.29 is 14.5 Å². The van der Waals surface area contributed by atoms with Crippen LogP contribution in [0.25, 0.3) is 0 Å². The number of carbonyl (C=O) groups excluding carboxylic acids is 1. The summed E-state index contributed by atoms with van der Waals surface area (Å²) in [5.41, 5.74) is 1.17. The van der Waals surface area contributed by atoms with Crippen molar-refractivity contribution in [3.8, 4) is 5.75 Å². The van der Waals surface area contributed by atoms with Gasteiger partial charge in [0.1, 0.15) is 12.3 Å². The highest BCUT2D eigenvalue weighted by molar-refractivity contribution is 5.76. The molecule has 1 aliphatic rings.